The topological polar surface area (TPSA) is 38.1 Å². The molecule has 5 rings (SSSR count). The summed E-state index contributed by atoms with van der Waals surface area (Å²) in [4.78, 5) is 19.7. The molecule has 0 spiro atoms. The third kappa shape index (κ3) is 3.43. The number of rotatable bonds is 4. The third-order valence-electron chi connectivity index (χ3n) is 5.78. The van der Waals surface area contributed by atoms with Crippen molar-refractivity contribution in [2.45, 2.75) is 25.8 Å². The van der Waals surface area contributed by atoms with E-state index in [-0.39, 0.29) is 11.8 Å². The quantitative estimate of drug-likeness (QED) is 0.393. The number of carbonyl (C=O) groups excluding carboxylic acids is 1. The van der Waals surface area contributed by atoms with Gasteiger partial charge in [-0.2, -0.15) is 0 Å². The number of aryl methyl sites for hydroxylation is 1. The van der Waals surface area contributed by atoms with Gasteiger partial charge in [-0.3, -0.25) is 4.79 Å². The van der Waals surface area contributed by atoms with Gasteiger partial charge in [0.05, 0.1) is 16.7 Å². The number of benzene rings is 3. The highest BCUT2D eigenvalue weighted by molar-refractivity contribution is 9.10. The van der Waals surface area contributed by atoms with Crippen molar-refractivity contribution in [1.82, 2.24) is 9.55 Å². The van der Waals surface area contributed by atoms with Crippen LogP contribution in [0.15, 0.2) is 77.3 Å². The molecule has 0 N–H and O–H groups in total. The second-order valence-electron chi connectivity index (χ2n) is 7.89. The van der Waals surface area contributed by atoms with Crippen LogP contribution in [0.5, 0.6) is 0 Å². The SMILES string of the molecule is Cc1ccc(Cn2c([C@@H]3CC(=O)N(c4ccccc4Br)C3)nc3ccccc32)cc1. The van der Waals surface area contributed by atoms with Crippen LogP contribution >= 0.6 is 15.9 Å². The number of nitrogens with zero attached hydrogens (tertiary/aromatic N) is 3. The molecule has 5 heteroatoms. The van der Waals surface area contributed by atoms with Crippen molar-refractivity contribution in [3.63, 3.8) is 0 Å². The van der Waals surface area contributed by atoms with Gasteiger partial charge >= 0.3 is 0 Å². The van der Waals surface area contributed by atoms with Crippen molar-refractivity contribution >= 4 is 38.6 Å². The Bertz CT molecular complexity index is 1230. The summed E-state index contributed by atoms with van der Waals surface area (Å²) >= 11 is 3.59. The molecule has 3 aromatic carbocycles. The smallest absolute Gasteiger partial charge is 0.227 e. The molecule has 150 valence electrons. The average molecular weight is 460 g/mol. The van der Waals surface area contributed by atoms with Crippen LogP contribution in [0, 0.1) is 6.92 Å². The van der Waals surface area contributed by atoms with Crippen molar-refractivity contribution in [3.8, 4) is 0 Å². The zero-order valence-corrected chi connectivity index (χ0v) is 18.3. The summed E-state index contributed by atoms with van der Waals surface area (Å²) in [6.45, 7) is 3.48. The van der Waals surface area contributed by atoms with Crippen LogP contribution in [0.4, 0.5) is 5.69 Å². The molecule has 0 radical (unpaired) electrons. The maximum absolute atomic E-state index is 12.9. The molecular formula is C25H22BrN3O. The maximum atomic E-state index is 12.9. The number of imidazole rings is 1. The number of hydrogen-bond donors (Lipinski definition) is 0. The van der Waals surface area contributed by atoms with Crippen molar-refractivity contribution in [1.29, 1.82) is 0 Å². The summed E-state index contributed by atoms with van der Waals surface area (Å²) in [6, 6.07) is 24.7. The van der Waals surface area contributed by atoms with Gasteiger partial charge in [-0.15, -0.1) is 0 Å². The highest BCUT2D eigenvalue weighted by atomic mass is 79.9. The Balaban J connectivity index is 1.53. The first kappa shape index (κ1) is 19.1. The van der Waals surface area contributed by atoms with Crippen molar-refractivity contribution < 1.29 is 4.79 Å². The highest BCUT2D eigenvalue weighted by Crippen LogP contribution is 2.36. The predicted molar refractivity (Wildman–Crippen MR) is 124 cm³/mol. The van der Waals surface area contributed by atoms with E-state index in [1.54, 1.807) is 0 Å². The number of halogens is 1. The highest BCUT2D eigenvalue weighted by Gasteiger charge is 2.35. The van der Waals surface area contributed by atoms with E-state index >= 15 is 0 Å². The molecule has 1 aliphatic heterocycles. The Morgan fingerprint density at radius 2 is 1.73 bits per heavy atom. The van der Waals surface area contributed by atoms with Gasteiger partial charge in [-0.25, -0.2) is 4.98 Å². The lowest BCUT2D eigenvalue weighted by Gasteiger charge is -2.19. The molecule has 0 unspecified atom stereocenters. The van der Waals surface area contributed by atoms with Crippen molar-refractivity contribution in [2.24, 2.45) is 0 Å². The Morgan fingerprint density at radius 1 is 1.00 bits per heavy atom. The van der Waals surface area contributed by atoms with Crippen LogP contribution in [-0.4, -0.2) is 22.0 Å². The molecule has 1 amide bonds. The fraction of sp³-hybridized carbons (Fsp3) is 0.200. The first-order valence-corrected chi connectivity index (χ1v) is 10.9. The molecule has 2 heterocycles. The molecule has 4 nitrogen and oxygen atoms in total. The number of aromatic nitrogens is 2. The van der Waals surface area contributed by atoms with Gasteiger partial charge in [0.15, 0.2) is 0 Å². The molecule has 0 aliphatic carbocycles. The van der Waals surface area contributed by atoms with E-state index in [9.17, 15) is 4.79 Å². The summed E-state index contributed by atoms with van der Waals surface area (Å²) < 4.78 is 3.22. The molecule has 1 fully saturated rings. The molecule has 30 heavy (non-hydrogen) atoms. The zero-order chi connectivity index (χ0) is 20.7. The number of para-hydroxylation sites is 3. The van der Waals surface area contributed by atoms with Crippen LogP contribution in [0.2, 0.25) is 0 Å². The Labute approximate surface area is 184 Å². The van der Waals surface area contributed by atoms with E-state index in [1.165, 1.54) is 11.1 Å². The minimum absolute atomic E-state index is 0.0578. The maximum Gasteiger partial charge on any atom is 0.227 e. The average Bonchev–Trinajstić information content (AvgIpc) is 3.31. The van der Waals surface area contributed by atoms with Gasteiger partial charge in [-0.1, -0.05) is 54.1 Å². The lowest BCUT2D eigenvalue weighted by Crippen LogP contribution is -2.25. The molecule has 4 aromatic rings. The van der Waals surface area contributed by atoms with Gasteiger partial charge in [0.2, 0.25) is 5.91 Å². The van der Waals surface area contributed by atoms with Crippen LogP contribution < -0.4 is 4.90 Å². The van der Waals surface area contributed by atoms with E-state index in [4.69, 9.17) is 4.98 Å². The Morgan fingerprint density at radius 3 is 2.53 bits per heavy atom. The van der Waals surface area contributed by atoms with Crippen LogP contribution in [0.1, 0.15) is 29.3 Å². The first-order chi connectivity index (χ1) is 14.6. The predicted octanol–water partition coefficient (Wildman–Crippen LogP) is 5.68. The van der Waals surface area contributed by atoms with Gasteiger partial charge in [-0.05, 0) is 52.7 Å². The third-order valence-corrected chi connectivity index (χ3v) is 6.45. The normalized spacial score (nSPS) is 16.5. The minimum Gasteiger partial charge on any atom is -0.323 e. The van der Waals surface area contributed by atoms with Crippen LogP contribution in [0.25, 0.3) is 11.0 Å². The lowest BCUT2D eigenvalue weighted by atomic mass is 10.1. The van der Waals surface area contributed by atoms with E-state index in [1.807, 2.05) is 47.4 Å². The minimum atomic E-state index is 0.0578. The van der Waals surface area contributed by atoms with Crippen molar-refractivity contribution in [2.75, 3.05) is 11.4 Å². The summed E-state index contributed by atoms with van der Waals surface area (Å²) in [5.41, 5.74) is 5.49. The van der Waals surface area contributed by atoms with E-state index in [2.05, 4.69) is 57.8 Å². The molecule has 1 saturated heterocycles. The first-order valence-electron chi connectivity index (χ1n) is 10.2. The Hall–Kier alpha value is -2.92. The molecule has 0 saturated carbocycles. The summed E-state index contributed by atoms with van der Waals surface area (Å²) in [7, 11) is 0. The summed E-state index contributed by atoms with van der Waals surface area (Å²) in [5.74, 6) is 1.18. The second kappa shape index (κ2) is 7.73. The summed E-state index contributed by atoms with van der Waals surface area (Å²) in [6.07, 6.45) is 0.471. The van der Waals surface area contributed by atoms with E-state index in [0.717, 1.165) is 33.6 Å². The molecule has 1 aromatic heterocycles. The number of hydrogen-bond acceptors (Lipinski definition) is 2. The lowest BCUT2D eigenvalue weighted by molar-refractivity contribution is -0.117. The zero-order valence-electron chi connectivity index (χ0n) is 16.8. The number of anilines is 1. The van der Waals surface area contributed by atoms with Gasteiger partial charge < -0.3 is 9.47 Å². The molecular weight excluding hydrogens is 438 g/mol. The van der Waals surface area contributed by atoms with Gasteiger partial charge in [0.25, 0.3) is 0 Å². The Kier molecular flexibility index (Phi) is 4.91. The fourth-order valence-corrected chi connectivity index (χ4v) is 4.73. The number of amides is 1. The standard InChI is InChI=1S/C25H22BrN3O/c1-17-10-12-18(13-11-17)15-29-23-9-5-3-7-21(23)27-25(29)19-14-24(30)28(16-19)22-8-4-2-6-20(22)26/h2-13,19H,14-16H2,1H3/t19-/m1/s1. The fourth-order valence-electron chi connectivity index (χ4n) is 4.23. The largest absolute Gasteiger partial charge is 0.323 e. The number of carbonyl (C=O) groups is 1. The number of fused-ring (bicyclic) bond motifs is 1. The summed E-state index contributed by atoms with van der Waals surface area (Å²) in [5, 5.41) is 0. The van der Waals surface area contributed by atoms with E-state index in [0.29, 0.717) is 13.0 Å². The van der Waals surface area contributed by atoms with Crippen LogP contribution in [0.3, 0.4) is 0 Å². The van der Waals surface area contributed by atoms with Crippen molar-refractivity contribution in [3.05, 3.63) is 94.2 Å². The van der Waals surface area contributed by atoms with Gasteiger partial charge in [0.1, 0.15) is 5.82 Å². The molecule has 1 aliphatic rings. The van der Waals surface area contributed by atoms with Gasteiger partial charge in [0, 0.05) is 29.9 Å². The van der Waals surface area contributed by atoms with Crippen LogP contribution in [-0.2, 0) is 11.3 Å². The monoisotopic (exact) mass is 459 g/mol. The second-order valence-corrected chi connectivity index (χ2v) is 8.74. The molecule has 1 atom stereocenters. The van der Waals surface area contributed by atoms with E-state index < -0.39 is 0 Å². The molecule has 0 bridgehead atoms.